The summed E-state index contributed by atoms with van der Waals surface area (Å²) in [6.45, 7) is 1.75. The molecule has 7 nitrogen and oxygen atoms in total. The monoisotopic (exact) mass is 371 g/mol. The van der Waals surface area contributed by atoms with E-state index in [4.69, 9.17) is 9.47 Å². The van der Waals surface area contributed by atoms with Crippen molar-refractivity contribution in [2.45, 2.75) is 25.9 Å². The molecular formula is C20H25N3O4. The molecule has 144 valence electrons. The molecule has 0 bridgehead atoms. The molecular weight excluding hydrogens is 346 g/mol. The topological polar surface area (TPSA) is 87.7 Å². The van der Waals surface area contributed by atoms with Crippen molar-refractivity contribution in [1.82, 2.24) is 15.1 Å². The van der Waals surface area contributed by atoms with Crippen LogP contribution >= 0.6 is 0 Å². The van der Waals surface area contributed by atoms with Gasteiger partial charge in [0.2, 0.25) is 0 Å². The van der Waals surface area contributed by atoms with Gasteiger partial charge in [0.05, 0.1) is 19.4 Å². The Morgan fingerprint density at radius 1 is 1.41 bits per heavy atom. The number of hydrogen-bond donors (Lipinski definition) is 2. The van der Waals surface area contributed by atoms with E-state index < -0.39 is 0 Å². The number of aliphatic hydroxyl groups excluding tert-OH is 1. The van der Waals surface area contributed by atoms with E-state index >= 15 is 0 Å². The Kier molecular flexibility index (Phi) is 4.78. The van der Waals surface area contributed by atoms with Gasteiger partial charge in [0, 0.05) is 18.5 Å². The number of amides is 1. The maximum atomic E-state index is 12.8. The summed E-state index contributed by atoms with van der Waals surface area (Å²) in [5.41, 5.74) is 1.00. The predicted molar refractivity (Wildman–Crippen MR) is 98.7 cm³/mol. The second-order valence-electron chi connectivity index (χ2n) is 7.51. The molecule has 27 heavy (non-hydrogen) atoms. The number of fused-ring (bicyclic) bond motifs is 1. The van der Waals surface area contributed by atoms with Gasteiger partial charge in [-0.1, -0.05) is 18.6 Å². The Hall–Kier alpha value is -2.54. The number of methoxy groups -OCH3 is 1. The van der Waals surface area contributed by atoms with Crippen LogP contribution in [0.25, 0.3) is 0 Å². The Labute approximate surface area is 158 Å². The van der Waals surface area contributed by atoms with Crippen LogP contribution in [0.2, 0.25) is 0 Å². The van der Waals surface area contributed by atoms with Crippen molar-refractivity contribution in [3.8, 4) is 11.5 Å². The number of nitrogens with zero attached hydrogens (tertiary/aromatic N) is 2. The molecule has 7 heteroatoms. The SMILES string of the molecule is COc1ccccc1OCc1cc(C(=O)N2C[C@@H]3CCC[C@]3(CO)C2)n[nH]1. The molecule has 2 N–H and O–H groups in total. The number of nitrogens with one attached hydrogen (secondary N) is 1. The van der Waals surface area contributed by atoms with Gasteiger partial charge >= 0.3 is 0 Å². The van der Waals surface area contributed by atoms with Crippen LogP contribution in [0.5, 0.6) is 11.5 Å². The van der Waals surface area contributed by atoms with E-state index in [1.807, 2.05) is 29.2 Å². The molecule has 1 aliphatic heterocycles. The van der Waals surface area contributed by atoms with Crippen LogP contribution in [-0.4, -0.2) is 52.9 Å². The minimum atomic E-state index is -0.109. The molecule has 0 unspecified atom stereocenters. The molecule has 1 amide bonds. The highest BCUT2D eigenvalue weighted by molar-refractivity contribution is 5.92. The van der Waals surface area contributed by atoms with Crippen molar-refractivity contribution in [3.63, 3.8) is 0 Å². The summed E-state index contributed by atoms with van der Waals surface area (Å²) in [5, 5.41) is 16.9. The summed E-state index contributed by atoms with van der Waals surface area (Å²) in [5.74, 6) is 1.61. The van der Waals surface area contributed by atoms with Gasteiger partial charge in [-0.05, 0) is 37.0 Å². The lowest BCUT2D eigenvalue weighted by Crippen LogP contribution is -2.34. The van der Waals surface area contributed by atoms with Crippen LogP contribution in [0.3, 0.4) is 0 Å². The van der Waals surface area contributed by atoms with Crippen LogP contribution < -0.4 is 9.47 Å². The van der Waals surface area contributed by atoms with Crippen molar-refractivity contribution >= 4 is 5.91 Å². The number of ether oxygens (including phenoxy) is 2. The van der Waals surface area contributed by atoms with Crippen molar-refractivity contribution in [1.29, 1.82) is 0 Å². The quantitative estimate of drug-likeness (QED) is 0.813. The molecule has 1 saturated carbocycles. The average molecular weight is 371 g/mol. The highest BCUT2D eigenvalue weighted by Gasteiger charge is 2.50. The van der Waals surface area contributed by atoms with E-state index in [-0.39, 0.29) is 24.5 Å². The number of rotatable bonds is 6. The first kappa shape index (κ1) is 17.9. The maximum Gasteiger partial charge on any atom is 0.274 e. The van der Waals surface area contributed by atoms with Gasteiger partial charge in [0.25, 0.3) is 5.91 Å². The van der Waals surface area contributed by atoms with Crippen molar-refractivity contribution < 1.29 is 19.4 Å². The Bertz CT molecular complexity index is 821. The smallest absolute Gasteiger partial charge is 0.274 e. The Balaban J connectivity index is 1.40. The molecule has 4 rings (SSSR count). The van der Waals surface area contributed by atoms with Gasteiger partial charge in [0.15, 0.2) is 17.2 Å². The summed E-state index contributed by atoms with van der Waals surface area (Å²) in [6.07, 6.45) is 3.22. The number of carbonyl (C=O) groups is 1. The summed E-state index contributed by atoms with van der Waals surface area (Å²) >= 11 is 0. The zero-order valence-corrected chi connectivity index (χ0v) is 15.5. The van der Waals surface area contributed by atoms with Crippen molar-refractivity contribution in [2.75, 3.05) is 26.8 Å². The molecule has 2 aromatic rings. The highest BCUT2D eigenvalue weighted by Crippen LogP contribution is 2.48. The van der Waals surface area contributed by atoms with Crippen LogP contribution in [0.15, 0.2) is 30.3 Å². The Morgan fingerprint density at radius 3 is 2.96 bits per heavy atom. The lowest BCUT2D eigenvalue weighted by atomic mass is 9.82. The number of para-hydroxylation sites is 2. The molecule has 2 atom stereocenters. The van der Waals surface area contributed by atoms with Crippen LogP contribution in [0.1, 0.15) is 35.4 Å². The molecule has 0 radical (unpaired) electrons. The van der Waals surface area contributed by atoms with Gasteiger partial charge in [-0.2, -0.15) is 5.10 Å². The van der Waals surface area contributed by atoms with Gasteiger partial charge in [0.1, 0.15) is 6.61 Å². The predicted octanol–water partition coefficient (Wildman–Crippen LogP) is 2.23. The second kappa shape index (κ2) is 7.23. The van der Waals surface area contributed by atoms with Crippen molar-refractivity contribution in [2.24, 2.45) is 11.3 Å². The molecule has 2 aliphatic rings. The first-order valence-electron chi connectivity index (χ1n) is 9.35. The lowest BCUT2D eigenvalue weighted by Gasteiger charge is -2.25. The summed E-state index contributed by atoms with van der Waals surface area (Å²) in [7, 11) is 1.60. The van der Waals surface area contributed by atoms with Gasteiger partial charge in [-0.15, -0.1) is 0 Å². The van der Waals surface area contributed by atoms with Crippen LogP contribution in [0.4, 0.5) is 0 Å². The summed E-state index contributed by atoms with van der Waals surface area (Å²) < 4.78 is 11.0. The molecule has 2 fully saturated rings. The van der Waals surface area contributed by atoms with E-state index in [1.165, 1.54) is 0 Å². The minimum Gasteiger partial charge on any atom is -0.493 e. The number of aromatic nitrogens is 2. The fourth-order valence-corrected chi connectivity index (χ4v) is 4.43. The van der Waals surface area contributed by atoms with Crippen LogP contribution in [0, 0.1) is 11.3 Å². The van der Waals surface area contributed by atoms with E-state index in [0.717, 1.165) is 25.0 Å². The second-order valence-corrected chi connectivity index (χ2v) is 7.51. The molecule has 0 spiro atoms. The third-order valence-electron chi connectivity index (χ3n) is 5.94. The molecule has 1 aromatic carbocycles. The number of H-pyrrole nitrogens is 1. The maximum absolute atomic E-state index is 12.8. The summed E-state index contributed by atoms with van der Waals surface area (Å²) in [6, 6.07) is 9.15. The van der Waals surface area contributed by atoms with Gasteiger partial charge < -0.3 is 19.5 Å². The number of aliphatic hydroxyl groups is 1. The first-order valence-corrected chi connectivity index (χ1v) is 9.35. The number of likely N-dealkylation sites (tertiary alicyclic amines) is 1. The molecule has 2 heterocycles. The fraction of sp³-hybridized carbons (Fsp3) is 0.500. The van der Waals surface area contributed by atoms with E-state index in [1.54, 1.807) is 13.2 Å². The minimum absolute atomic E-state index is 0.0861. The van der Waals surface area contributed by atoms with E-state index in [0.29, 0.717) is 36.2 Å². The van der Waals surface area contributed by atoms with Gasteiger partial charge in [-0.3, -0.25) is 9.89 Å². The van der Waals surface area contributed by atoms with Crippen LogP contribution in [-0.2, 0) is 6.61 Å². The van der Waals surface area contributed by atoms with E-state index in [2.05, 4.69) is 10.2 Å². The van der Waals surface area contributed by atoms with Crippen molar-refractivity contribution in [3.05, 3.63) is 41.7 Å². The average Bonchev–Trinajstić information content (AvgIpc) is 3.40. The number of carbonyl (C=O) groups excluding carboxylic acids is 1. The normalized spacial score (nSPS) is 24.1. The zero-order valence-electron chi connectivity index (χ0n) is 15.5. The highest BCUT2D eigenvalue weighted by atomic mass is 16.5. The third-order valence-corrected chi connectivity index (χ3v) is 5.94. The molecule has 1 aliphatic carbocycles. The first-order chi connectivity index (χ1) is 13.1. The van der Waals surface area contributed by atoms with Gasteiger partial charge in [-0.25, -0.2) is 0 Å². The molecule has 1 saturated heterocycles. The summed E-state index contributed by atoms with van der Waals surface area (Å²) in [4.78, 5) is 14.7. The number of benzene rings is 1. The molecule has 1 aromatic heterocycles. The lowest BCUT2D eigenvalue weighted by molar-refractivity contribution is 0.0729. The number of aromatic amines is 1. The number of hydrogen-bond acceptors (Lipinski definition) is 5. The fourth-order valence-electron chi connectivity index (χ4n) is 4.43. The van der Waals surface area contributed by atoms with E-state index in [9.17, 15) is 9.90 Å². The Morgan fingerprint density at radius 2 is 2.22 bits per heavy atom. The largest absolute Gasteiger partial charge is 0.493 e. The zero-order chi connectivity index (χ0) is 18.9. The standard InChI is InChI=1S/C20H25N3O4/c1-26-17-6-2-3-7-18(17)27-11-15-9-16(22-21-15)19(25)23-10-14-5-4-8-20(14,12-23)13-24/h2-3,6-7,9,14,24H,4-5,8,10-13H2,1H3,(H,21,22)/t14-,20+/m0/s1. The third kappa shape index (κ3) is 3.27.